The largest absolute Gasteiger partial charge is 0.491 e. The van der Waals surface area contributed by atoms with Gasteiger partial charge in [-0.05, 0) is 30.0 Å². The van der Waals surface area contributed by atoms with Crippen molar-refractivity contribution in [1.82, 2.24) is 0 Å². The minimum absolute atomic E-state index is 0.512. The first-order valence-electron chi connectivity index (χ1n) is 6.82. The number of benzene rings is 1. The summed E-state index contributed by atoms with van der Waals surface area (Å²) in [6.45, 7) is 2.11. The van der Waals surface area contributed by atoms with Gasteiger partial charge in [0.15, 0.2) is 0 Å². The number of hydrogen-bond acceptors (Lipinski definition) is 3. The van der Waals surface area contributed by atoms with Crippen LogP contribution in [0.4, 0.5) is 0 Å². The van der Waals surface area contributed by atoms with E-state index in [1.54, 1.807) is 0 Å². The van der Waals surface area contributed by atoms with Crippen molar-refractivity contribution in [1.29, 1.82) is 0 Å². The minimum Gasteiger partial charge on any atom is -0.491 e. The molecule has 0 aromatic heterocycles. The predicted molar refractivity (Wildman–Crippen MR) is 80.6 cm³/mol. The third-order valence-electron chi connectivity index (χ3n) is 3.17. The Bertz CT molecular complexity index is 401. The van der Waals surface area contributed by atoms with Gasteiger partial charge in [-0.2, -0.15) is 0 Å². The molecular formula is C15H21NO2S. The van der Waals surface area contributed by atoms with Gasteiger partial charge in [0.2, 0.25) is 0 Å². The highest BCUT2D eigenvalue weighted by atomic mass is 32.1. The number of thiocarbonyl (C=S) groups is 1. The van der Waals surface area contributed by atoms with Crippen LogP contribution in [0.15, 0.2) is 24.3 Å². The highest BCUT2D eigenvalue weighted by Crippen LogP contribution is 2.32. The van der Waals surface area contributed by atoms with Crippen LogP contribution in [-0.4, -0.2) is 24.8 Å². The quantitative estimate of drug-likeness (QED) is 0.557. The van der Waals surface area contributed by atoms with E-state index in [1.807, 2.05) is 24.3 Å². The third-order valence-corrected chi connectivity index (χ3v) is 3.31. The van der Waals surface area contributed by atoms with Gasteiger partial charge in [0.25, 0.3) is 0 Å². The van der Waals surface area contributed by atoms with E-state index in [2.05, 4.69) is 0 Å². The summed E-state index contributed by atoms with van der Waals surface area (Å²) in [6.07, 6.45) is 4.62. The van der Waals surface area contributed by atoms with Gasteiger partial charge in [-0.15, -0.1) is 0 Å². The Labute approximate surface area is 120 Å². The summed E-state index contributed by atoms with van der Waals surface area (Å²) in [4.78, 5) is 0.512. The molecule has 0 atom stereocenters. The molecule has 0 heterocycles. The average Bonchev–Trinajstić information content (AvgIpc) is 3.19. The molecule has 4 heteroatoms. The van der Waals surface area contributed by atoms with Gasteiger partial charge in [0.1, 0.15) is 12.4 Å². The van der Waals surface area contributed by atoms with E-state index in [-0.39, 0.29) is 0 Å². The summed E-state index contributed by atoms with van der Waals surface area (Å²) >= 11 is 4.87. The lowest BCUT2D eigenvalue weighted by Gasteiger charge is -2.08. The Balaban J connectivity index is 1.58. The molecule has 0 unspecified atom stereocenters. The maximum Gasteiger partial charge on any atom is 0.119 e. The minimum atomic E-state index is 0.512. The van der Waals surface area contributed by atoms with E-state index in [0.29, 0.717) is 24.6 Å². The fourth-order valence-corrected chi connectivity index (χ4v) is 2.05. The molecule has 1 fully saturated rings. The standard InChI is InChI=1S/C15H21NO2S/c16-15(19)11-13-3-5-14(6-4-13)18-10-9-17-8-7-12-1-2-12/h3-6,12H,1-2,7-11H2,(H2,16,19). The van der Waals surface area contributed by atoms with Crippen LogP contribution in [0.5, 0.6) is 5.75 Å². The topological polar surface area (TPSA) is 44.5 Å². The smallest absolute Gasteiger partial charge is 0.119 e. The molecule has 1 aromatic carbocycles. The van der Waals surface area contributed by atoms with Crippen LogP contribution in [0.3, 0.4) is 0 Å². The van der Waals surface area contributed by atoms with Crippen molar-refractivity contribution in [3.8, 4) is 5.75 Å². The zero-order chi connectivity index (χ0) is 13.5. The van der Waals surface area contributed by atoms with Crippen molar-refractivity contribution >= 4 is 17.2 Å². The second kappa shape index (κ2) is 7.46. The van der Waals surface area contributed by atoms with Crippen molar-refractivity contribution in [2.75, 3.05) is 19.8 Å². The lowest BCUT2D eigenvalue weighted by Crippen LogP contribution is -2.11. The first-order valence-corrected chi connectivity index (χ1v) is 7.22. The first-order chi connectivity index (χ1) is 9.24. The van der Waals surface area contributed by atoms with Crippen LogP contribution in [0, 0.1) is 5.92 Å². The molecule has 0 amide bonds. The molecule has 1 saturated carbocycles. The first kappa shape index (κ1) is 14.3. The summed E-state index contributed by atoms with van der Waals surface area (Å²) in [6, 6.07) is 7.86. The Kier molecular flexibility index (Phi) is 5.61. The molecule has 104 valence electrons. The fraction of sp³-hybridized carbons (Fsp3) is 0.533. The van der Waals surface area contributed by atoms with E-state index in [4.69, 9.17) is 27.4 Å². The van der Waals surface area contributed by atoms with Gasteiger partial charge in [0.05, 0.1) is 11.6 Å². The van der Waals surface area contributed by atoms with E-state index in [9.17, 15) is 0 Å². The SMILES string of the molecule is NC(=S)Cc1ccc(OCCOCCC2CC2)cc1. The van der Waals surface area contributed by atoms with Gasteiger partial charge in [0, 0.05) is 13.0 Å². The fourth-order valence-electron chi connectivity index (χ4n) is 1.88. The summed E-state index contributed by atoms with van der Waals surface area (Å²) in [5.74, 6) is 1.79. The van der Waals surface area contributed by atoms with E-state index < -0.39 is 0 Å². The molecule has 1 aliphatic carbocycles. The molecule has 19 heavy (non-hydrogen) atoms. The second-order valence-corrected chi connectivity index (χ2v) is 5.50. The van der Waals surface area contributed by atoms with E-state index >= 15 is 0 Å². The number of ether oxygens (including phenoxy) is 2. The van der Waals surface area contributed by atoms with Crippen molar-refractivity contribution in [2.24, 2.45) is 11.7 Å². The van der Waals surface area contributed by atoms with Gasteiger partial charge in [-0.25, -0.2) is 0 Å². The maximum atomic E-state index is 5.60. The van der Waals surface area contributed by atoms with Crippen LogP contribution >= 0.6 is 12.2 Å². The molecule has 1 aromatic rings. The maximum absolute atomic E-state index is 5.60. The summed E-state index contributed by atoms with van der Waals surface area (Å²) in [5.41, 5.74) is 6.61. The lowest BCUT2D eigenvalue weighted by atomic mass is 10.1. The van der Waals surface area contributed by atoms with Crippen LogP contribution in [0.25, 0.3) is 0 Å². The Morgan fingerprint density at radius 1 is 1.16 bits per heavy atom. The normalized spacial score (nSPS) is 14.3. The van der Waals surface area contributed by atoms with Crippen molar-refractivity contribution in [3.05, 3.63) is 29.8 Å². The van der Waals surface area contributed by atoms with E-state index in [0.717, 1.165) is 23.8 Å². The summed E-state index contributed by atoms with van der Waals surface area (Å²) < 4.78 is 11.1. The van der Waals surface area contributed by atoms with Crippen LogP contribution in [0.2, 0.25) is 0 Å². The van der Waals surface area contributed by atoms with Crippen molar-refractivity contribution in [2.45, 2.75) is 25.7 Å². The van der Waals surface area contributed by atoms with Crippen molar-refractivity contribution in [3.63, 3.8) is 0 Å². The summed E-state index contributed by atoms with van der Waals surface area (Å²) in [5, 5.41) is 0. The van der Waals surface area contributed by atoms with Crippen LogP contribution in [-0.2, 0) is 11.2 Å². The molecule has 2 rings (SSSR count). The number of hydrogen-bond donors (Lipinski definition) is 1. The average molecular weight is 279 g/mol. The lowest BCUT2D eigenvalue weighted by molar-refractivity contribution is 0.0958. The van der Waals surface area contributed by atoms with Gasteiger partial charge >= 0.3 is 0 Å². The summed E-state index contributed by atoms with van der Waals surface area (Å²) in [7, 11) is 0. The molecule has 0 bridgehead atoms. The molecule has 0 radical (unpaired) electrons. The molecule has 3 nitrogen and oxygen atoms in total. The number of nitrogens with two attached hydrogens (primary N) is 1. The molecule has 0 spiro atoms. The van der Waals surface area contributed by atoms with Gasteiger partial charge in [-0.3, -0.25) is 0 Å². The molecule has 0 aliphatic heterocycles. The predicted octanol–water partition coefficient (Wildman–Crippen LogP) is 2.71. The molecule has 2 N–H and O–H groups in total. The van der Waals surface area contributed by atoms with Crippen molar-refractivity contribution < 1.29 is 9.47 Å². The Morgan fingerprint density at radius 3 is 2.53 bits per heavy atom. The Hall–Kier alpha value is -1.13. The zero-order valence-electron chi connectivity index (χ0n) is 11.1. The zero-order valence-corrected chi connectivity index (χ0v) is 12.0. The highest BCUT2D eigenvalue weighted by molar-refractivity contribution is 7.80. The Morgan fingerprint density at radius 2 is 1.89 bits per heavy atom. The molecule has 0 saturated heterocycles. The number of rotatable bonds is 9. The monoisotopic (exact) mass is 279 g/mol. The van der Waals surface area contributed by atoms with Crippen LogP contribution < -0.4 is 10.5 Å². The van der Waals surface area contributed by atoms with Crippen LogP contribution in [0.1, 0.15) is 24.8 Å². The van der Waals surface area contributed by atoms with E-state index in [1.165, 1.54) is 19.3 Å². The third kappa shape index (κ3) is 6.03. The molecular weight excluding hydrogens is 258 g/mol. The second-order valence-electron chi connectivity index (χ2n) is 4.98. The van der Waals surface area contributed by atoms with Gasteiger partial charge < -0.3 is 15.2 Å². The molecule has 1 aliphatic rings. The van der Waals surface area contributed by atoms with Gasteiger partial charge in [-0.1, -0.05) is 37.2 Å². The highest BCUT2D eigenvalue weighted by Gasteiger charge is 2.20.